The zero-order chi connectivity index (χ0) is 15.2. The maximum atomic E-state index is 13.6. The van der Waals surface area contributed by atoms with E-state index in [2.05, 4.69) is 5.32 Å². The Labute approximate surface area is 137 Å². The van der Waals surface area contributed by atoms with E-state index in [1.165, 1.54) is 13.2 Å². The standard InChI is InChI=1S/C16H23FN2O2.ClH/c1-19(13-7-9-18-10-8-13)16(20)6-4-12-3-5-15(21-2)14(17)11-12;/h3,5,11,13,18H,4,6-10H2,1-2H3;1H. The molecule has 1 fully saturated rings. The number of halogens is 2. The summed E-state index contributed by atoms with van der Waals surface area (Å²) in [6.07, 6.45) is 2.96. The molecule has 4 nitrogen and oxygen atoms in total. The number of benzene rings is 1. The van der Waals surface area contributed by atoms with E-state index >= 15 is 0 Å². The van der Waals surface area contributed by atoms with Crippen LogP contribution in [-0.2, 0) is 11.2 Å². The van der Waals surface area contributed by atoms with E-state index in [9.17, 15) is 9.18 Å². The predicted octanol–water partition coefficient (Wildman–Crippen LogP) is 2.40. The van der Waals surface area contributed by atoms with E-state index in [1.54, 1.807) is 12.1 Å². The first kappa shape index (κ1) is 18.7. The van der Waals surface area contributed by atoms with Crippen molar-refractivity contribution in [1.82, 2.24) is 10.2 Å². The minimum atomic E-state index is -0.380. The van der Waals surface area contributed by atoms with Crippen LogP contribution in [0, 0.1) is 5.82 Å². The topological polar surface area (TPSA) is 41.6 Å². The molecule has 6 heteroatoms. The average molecular weight is 331 g/mol. The van der Waals surface area contributed by atoms with Gasteiger partial charge in [-0.3, -0.25) is 4.79 Å². The molecule has 2 rings (SSSR count). The smallest absolute Gasteiger partial charge is 0.222 e. The third-order valence-electron chi connectivity index (χ3n) is 4.09. The van der Waals surface area contributed by atoms with E-state index in [0.29, 0.717) is 18.9 Å². The molecular weight excluding hydrogens is 307 g/mol. The summed E-state index contributed by atoms with van der Waals surface area (Å²) in [6, 6.07) is 5.17. The van der Waals surface area contributed by atoms with Gasteiger partial charge < -0.3 is 15.0 Å². The Morgan fingerprint density at radius 1 is 1.41 bits per heavy atom. The molecule has 0 spiro atoms. The fraction of sp³-hybridized carbons (Fsp3) is 0.562. The SMILES string of the molecule is COc1ccc(CCC(=O)N(C)C2CCNCC2)cc1F.Cl. The molecule has 1 amide bonds. The van der Waals surface area contributed by atoms with E-state index in [4.69, 9.17) is 4.74 Å². The molecular formula is C16H24ClFN2O2. The van der Waals surface area contributed by atoms with Crippen LogP contribution in [0.15, 0.2) is 18.2 Å². The predicted molar refractivity (Wildman–Crippen MR) is 87.2 cm³/mol. The van der Waals surface area contributed by atoms with E-state index in [1.807, 2.05) is 11.9 Å². The molecule has 124 valence electrons. The Balaban J connectivity index is 0.00000242. The second-order valence-corrected chi connectivity index (χ2v) is 5.45. The number of carbonyl (C=O) groups excluding carboxylic acids is 1. The number of piperidine rings is 1. The lowest BCUT2D eigenvalue weighted by molar-refractivity contribution is -0.132. The van der Waals surface area contributed by atoms with Crippen molar-refractivity contribution in [3.63, 3.8) is 0 Å². The molecule has 0 aromatic heterocycles. The van der Waals surface area contributed by atoms with Gasteiger partial charge in [-0.1, -0.05) is 6.07 Å². The Morgan fingerprint density at radius 2 is 2.09 bits per heavy atom. The zero-order valence-electron chi connectivity index (χ0n) is 13.1. The number of methoxy groups -OCH3 is 1. The van der Waals surface area contributed by atoms with Crippen LogP contribution in [-0.4, -0.2) is 44.1 Å². The van der Waals surface area contributed by atoms with Gasteiger partial charge in [0.1, 0.15) is 0 Å². The van der Waals surface area contributed by atoms with Crippen molar-refractivity contribution >= 4 is 18.3 Å². The molecule has 1 heterocycles. The summed E-state index contributed by atoms with van der Waals surface area (Å²) < 4.78 is 18.5. The molecule has 1 aromatic rings. The number of hydrogen-bond acceptors (Lipinski definition) is 3. The summed E-state index contributed by atoms with van der Waals surface area (Å²) in [5.74, 6) is -0.0239. The van der Waals surface area contributed by atoms with Crippen molar-refractivity contribution < 1.29 is 13.9 Å². The molecule has 22 heavy (non-hydrogen) atoms. The van der Waals surface area contributed by atoms with Crippen LogP contribution in [0.25, 0.3) is 0 Å². The van der Waals surface area contributed by atoms with Gasteiger partial charge in [-0.25, -0.2) is 4.39 Å². The number of carbonyl (C=O) groups is 1. The lowest BCUT2D eigenvalue weighted by Gasteiger charge is -2.31. The first-order valence-corrected chi connectivity index (χ1v) is 7.40. The lowest BCUT2D eigenvalue weighted by atomic mass is 10.0. The molecule has 0 bridgehead atoms. The third-order valence-corrected chi connectivity index (χ3v) is 4.09. The summed E-state index contributed by atoms with van der Waals surface area (Å²) in [5.41, 5.74) is 0.820. The van der Waals surface area contributed by atoms with Crippen LogP contribution in [0.1, 0.15) is 24.8 Å². The van der Waals surface area contributed by atoms with Crippen LogP contribution < -0.4 is 10.1 Å². The number of rotatable bonds is 5. The van der Waals surface area contributed by atoms with Gasteiger partial charge >= 0.3 is 0 Å². The van der Waals surface area contributed by atoms with Gasteiger partial charge in [0.15, 0.2) is 11.6 Å². The van der Waals surface area contributed by atoms with Crippen LogP contribution in [0.2, 0.25) is 0 Å². The normalized spacial score (nSPS) is 15.0. The summed E-state index contributed by atoms with van der Waals surface area (Å²) in [6.45, 7) is 1.93. The van der Waals surface area contributed by atoms with Crippen LogP contribution in [0.3, 0.4) is 0 Å². The van der Waals surface area contributed by atoms with Crippen molar-refractivity contribution in [2.24, 2.45) is 0 Å². The highest BCUT2D eigenvalue weighted by atomic mass is 35.5. The number of hydrogen-bond donors (Lipinski definition) is 1. The number of aryl methyl sites for hydroxylation is 1. The summed E-state index contributed by atoms with van der Waals surface area (Å²) in [7, 11) is 3.31. The van der Waals surface area contributed by atoms with Gasteiger partial charge in [-0.2, -0.15) is 0 Å². The molecule has 1 aliphatic heterocycles. The number of amides is 1. The number of nitrogens with zero attached hydrogens (tertiary/aromatic N) is 1. The lowest BCUT2D eigenvalue weighted by Crippen LogP contribution is -2.44. The van der Waals surface area contributed by atoms with Crippen molar-refractivity contribution in [3.05, 3.63) is 29.6 Å². The van der Waals surface area contributed by atoms with E-state index in [-0.39, 0.29) is 29.9 Å². The van der Waals surface area contributed by atoms with Gasteiger partial charge in [0.2, 0.25) is 5.91 Å². The fourth-order valence-electron chi connectivity index (χ4n) is 2.69. The molecule has 0 radical (unpaired) electrons. The average Bonchev–Trinajstić information content (AvgIpc) is 2.52. The Hall–Kier alpha value is -1.33. The molecule has 1 aliphatic rings. The van der Waals surface area contributed by atoms with Gasteiger partial charge in [0.25, 0.3) is 0 Å². The third kappa shape index (κ3) is 4.85. The highest BCUT2D eigenvalue weighted by Crippen LogP contribution is 2.19. The van der Waals surface area contributed by atoms with Crippen molar-refractivity contribution in [1.29, 1.82) is 0 Å². The van der Waals surface area contributed by atoms with Gasteiger partial charge in [-0.05, 0) is 50.0 Å². The monoisotopic (exact) mass is 330 g/mol. The van der Waals surface area contributed by atoms with Crippen molar-refractivity contribution in [2.75, 3.05) is 27.2 Å². The first-order chi connectivity index (χ1) is 10.1. The second-order valence-electron chi connectivity index (χ2n) is 5.45. The minimum absolute atomic E-state index is 0. The van der Waals surface area contributed by atoms with E-state index < -0.39 is 0 Å². The molecule has 0 saturated carbocycles. The van der Waals surface area contributed by atoms with Crippen LogP contribution in [0.4, 0.5) is 4.39 Å². The van der Waals surface area contributed by atoms with Gasteiger partial charge in [-0.15, -0.1) is 12.4 Å². The number of nitrogens with one attached hydrogen (secondary N) is 1. The number of ether oxygens (including phenoxy) is 1. The van der Waals surface area contributed by atoms with Crippen molar-refractivity contribution in [3.8, 4) is 5.75 Å². The molecule has 1 saturated heterocycles. The highest BCUT2D eigenvalue weighted by Gasteiger charge is 2.21. The molecule has 0 atom stereocenters. The van der Waals surface area contributed by atoms with Crippen molar-refractivity contribution in [2.45, 2.75) is 31.7 Å². The maximum absolute atomic E-state index is 13.6. The Kier molecular flexibility index (Phi) is 7.62. The quantitative estimate of drug-likeness (QED) is 0.901. The van der Waals surface area contributed by atoms with Crippen LogP contribution >= 0.6 is 12.4 Å². The zero-order valence-corrected chi connectivity index (χ0v) is 13.9. The van der Waals surface area contributed by atoms with Crippen LogP contribution in [0.5, 0.6) is 5.75 Å². The molecule has 1 N–H and O–H groups in total. The second kappa shape index (κ2) is 8.96. The van der Waals surface area contributed by atoms with Gasteiger partial charge in [0, 0.05) is 19.5 Å². The first-order valence-electron chi connectivity index (χ1n) is 7.40. The summed E-state index contributed by atoms with van der Waals surface area (Å²) >= 11 is 0. The molecule has 1 aromatic carbocycles. The Morgan fingerprint density at radius 3 is 2.68 bits per heavy atom. The van der Waals surface area contributed by atoms with Gasteiger partial charge in [0.05, 0.1) is 7.11 Å². The fourth-order valence-corrected chi connectivity index (χ4v) is 2.69. The molecule has 0 aliphatic carbocycles. The summed E-state index contributed by atoms with van der Waals surface area (Å²) in [5, 5.41) is 3.29. The summed E-state index contributed by atoms with van der Waals surface area (Å²) in [4.78, 5) is 14.1. The highest BCUT2D eigenvalue weighted by molar-refractivity contribution is 5.85. The van der Waals surface area contributed by atoms with E-state index in [0.717, 1.165) is 31.5 Å². The molecule has 0 unspecified atom stereocenters. The minimum Gasteiger partial charge on any atom is -0.494 e. The maximum Gasteiger partial charge on any atom is 0.222 e. The Bertz CT molecular complexity index is 493. The largest absolute Gasteiger partial charge is 0.494 e.